The average molecular weight is 701 g/mol. The lowest BCUT2D eigenvalue weighted by Gasteiger charge is -2.37. The third-order valence-corrected chi connectivity index (χ3v) is 13.5. The lowest BCUT2D eigenvalue weighted by Crippen LogP contribution is -2.56. The fraction of sp³-hybridized carbons (Fsp3) is 0.571. The number of para-hydroxylation sites is 1. The number of sulfonamides is 1. The van der Waals surface area contributed by atoms with Gasteiger partial charge in [0.25, 0.3) is 10.2 Å². The van der Waals surface area contributed by atoms with Gasteiger partial charge < -0.3 is 14.7 Å². The summed E-state index contributed by atoms with van der Waals surface area (Å²) in [5.41, 5.74) is 2.13. The maximum atomic E-state index is 14.2. The molecule has 13 heteroatoms. The molecule has 0 radical (unpaired) electrons. The Morgan fingerprint density at radius 3 is 1.94 bits per heavy atom. The molecule has 2 aromatic rings. The van der Waals surface area contributed by atoms with Crippen LogP contribution in [0.25, 0.3) is 0 Å². The van der Waals surface area contributed by atoms with Crippen molar-refractivity contribution in [1.82, 2.24) is 17.8 Å². The van der Waals surface area contributed by atoms with Crippen LogP contribution in [0.4, 0.5) is 11.4 Å². The number of anilines is 2. The molecule has 0 N–H and O–H groups in total. The monoisotopic (exact) mass is 700 g/mol. The van der Waals surface area contributed by atoms with Crippen molar-refractivity contribution >= 4 is 37.5 Å². The quantitative estimate of drug-likeness (QED) is 0.386. The van der Waals surface area contributed by atoms with Crippen LogP contribution in [0, 0.1) is 5.92 Å². The smallest absolute Gasteiger partial charge is 0.282 e. The minimum Gasteiger partial charge on any atom is -0.378 e. The summed E-state index contributed by atoms with van der Waals surface area (Å²) < 4.78 is 60.5. The Morgan fingerprint density at radius 2 is 1.31 bits per heavy atom. The first-order chi connectivity index (χ1) is 22.9. The zero-order valence-corrected chi connectivity index (χ0v) is 30.2. The summed E-state index contributed by atoms with van der Waals surface area (Å²) in [5.74, 6) is 0.327. The van der Waals surface area contributed by atoms with E-state index in [1.165, 1.54) is 45.0 Å². The number of nitrogens with zero attached hydrogens (tertiary/aromatic N) is 6. The number of hydrogen-bond acceptors (Lipinski definition) is 7. The molecule has 0 bridgehead atoms. The Balaban J connectivity index is 1.36. The molecule has 1 amide bonds. The van der Waals surface area contributed by atoms with Gasteiger partial charge in [-0.25, -0.2) is 8.42 Å². The molecule has 2 aromatic carbocycles. The summed E-state index contributed by atoms with van der Waals surface area (Å²) in [4.78, 5) is 19.3. The molecule has 1 aliphatic carbocycles. The lowest BCUT2D eigenvalue weighted by molar-refractivity contribution is -0.120. The van der Waals surface area contributed by atoms with Crippen LogP contribution in [0.15, 0.2) is 71.6 Å². The van der Waals surface area contributed by atoms with E-state index in [4.69, 9.17) is 0 Å². The summed E-state index contributed by atoms with van der Waals surface area (Å²) in [7, 11) is -4.11. The summed E-state index contributed by atoms with van der Waals surface area (Å²) in [6, 6.07) is 16.1. The highest BCUT2D eigenvalue weighted by Crippen LogP contribution is 2.26. The zero-order valence-electron chi connectivity index (χ0n) is 28.5. The van der Waals surface area contributed by atoms with Crippen LogP contribution < -0.4 is 9.80 Å². The lowest BCUT2D eigenvalue weighted by atomic mass is 9.89. The Labute approximate surface area is 288 Å². The number of piperazine rings is 1. The summed E-state index contributed by atoms with van der Waals surface area (Å²) in [6.45, 7) is 7.29. The van der Waals surface area contributed by atoms with Gasteiger partial charge in [-0.3, -0.25) is 4.79 Å². The summed E-state index contributed by atoms with van der Waals surface area (Å²) in [6.07, 6.45) is 7.45. The molecule has 2 saturated heterocycles. The summed E-state index contributed by atoms with van der Waals surface area (Å²) in [5, 5.41) is 0. The van der Waals surface area contributed by atoms with Gasteiger partial charge in [0.1, 0.15) is 0 Å². The van der Waals surface area contributed by atoms with E-state index in [9.17, 15) is 21.6 Å². The largest absolute Gasteiger partial charge is 0.378 e. The number of amides is 1. The van der Waals surface area contributed by atoms with Gasteiger partial charge in [0, 0.05) is 71.3 Å². The third kappa shape index (κ3) is 9.05. The van der Waals surface area contributed by atoms with E-state index >= 15 is 0 Å². The highest BCUT2D eigenvalue weighted by molar-refractivity contribution is 7.89. The van der Waals surface area contributed by atoms with Crippen LogP contribution in [-0.2, 0) is 25.0 Å². The Morgan fingerprint density at radius 1 is 0.708 bits per heavy atom. The second kappa shape index (κ2) is 16.3. The van der Waals surface area contributed by atoms with Gasteiger partial charge in [0.15, 0.2) is 0 Å². The van der Waals surface area contributed by atoms with Crippen molar-refractivity contribution in [3.05, 3.63) is 66.7 Å². The Bertz CT molecular complexity index is 1600. The van der Waals surface area contributed by atoms with Crippen LogP contribution in [0.2, 0.25) is 0 Å². The van der Waals surface area contributed by atoms with Crippen LogP contribution in [-0.4, -0.2) is 120 Å². The molecule has 2 heterocycles. The van der Waals surface area contributed by atoms with E-state index in [0.29, 0.717) is 37.4 Å². The van der Waals surface area contributed by atoms with Crippen molar-refractivity contribution in [2.24, 2.45) is 5.92 Å². The molecule has 0 spiro atoms. The fourth-order valence-corrected chi connectivity index (χ4v) is 10.2. The number of hydrogen-bond donors (Lipinski definition) is 0. The SMILES string of the molecule is C=C1CN(S(=O)(=O)c2ccc(N(C)C)cc2)CCCN(CC2CCCCC2)CCCN(S(=O)(=O)N2CCN(c3ccccc3)C(=O)C2)C1. The van der Waals surface area contributed by atoms with E-state index in [1.807, 2.05) is 49.3 Å². The van der Waals surface area contributed by atoms with Crippen molar-refractivity contribution in [3.8, 4) is 0 Å². The van der Waals surface area contributed by atoms with Crippen LogP contribution in [0.3, 0.4) is 0 Å². The van der Waals surface area contributed by atoms with E-state index in [1.54, 1.807) is 29.2 Å². The second-order valence-corrected chi connectivity index (χ2v) is 17.4. The van der Waals surface area contributed by atoms with Gasteiger partial charge in [0.2, 0.25) is 15.9 Å². The predicted molar refractivity (Wildman–Crippen MR) is 192 cm³/mol. The van der Waals surface area contributed by atoms with Crippen LogP contribution >= 0.6 is 0 Å². The molecule has 48 heavy (non-hydrogen) atoms. The molecule has 3 aliphatic rings. The van der Waals surface area contributed by atoms with E-state index in [0.717, 1.165) is 24.5 Å². The molecule has 1 saturated carbocycles. The number of benzene rings is 2. The first kappa shape index (κ1) is 36.5. The highest BCUT2D eigenvalue weighted by Gasteiger charge is 2.37. The highest BCUT2D eigenvalue weighted by atomic mass is 32.2. The van der Waals surface area contributed by atoms with Gasteiger partial charge in [-0.1, -0.05) is 44.0 Å². The van der Waals surface area contributed by atoms with Crippen molar-refractivity contribution in [2.75, 3.05) is 89.3 Å². The van der Waals surface area contributed by atoms with Gasteiger partial charge >= 0.3 is 0 Å². The zero-order chi connectivity index (χ0) is 34.3. The molecule has 0 aromatic heterocycles. The molecule has 3 fully saturated rings. The van der Waals surface area contributed by atoms with Crippen LogP contribution in [0.5, 0.6) is 0 Å². The van der Waals surface area contributed by atoms with Gasteiger partial charge in [-0.15, -0.1) is 0 Å². The minimum atomic E-state index is -4.04. The molecular weight excluding hydrogens is 649 g/mol. The second-order valence-electron chi connectivity index (χ2n) is 13.5. The van der Waals surface area contributed by atoms with Gasteiger partial charge in [-0.2, -0.15) is 21.3 Å². The maximum absolute atomic E-state index is 14.2. The van der Waals surface area contributed by atoms with Crippen molar-refractivity contribution < 1.29 is 21.6 Å². The van der Waals surface area contributed by atoms with Crippen LogP contribution in [0.1, 0.15) is 44.9 Å². The topological polar surface area (TPSA) is 105 Å². The van der Waals surface area contributed by atoms with Crippen molar-refractivity contribution in [1.29, 1.82) is 0 Å². The molecule has 2 aliphatic heterocycles. The molecule has 11 nitrogen and oxygen atoms in total. The fourth-order valence-electron chi connectivity index (χ4n) is 7.04. The van der Waals surface area contributed by atoms with E-state index in [2.05, 4.69) is 11.5 Å². The molecule has 5 rings (SSSR count). The molecular formula is C35H52N6O5S2. The maximum Gasteiger partial charge on any atom is 0.282 e. The Hall–Kier alpha value is -2.81. The first-order valence-electron chi connectivity index (χ1n) is 17.2. The van der Waals surface area contributed by atoms with Gasteiger partial charge in [0.05, 0.1) is 11.4 Å². The predicted octanol–water partition coefficient (Wildman–Crippen LogP) is 3.87. The van der Waals surface area contributed by atoms with E-state index < -0.39 is 20.2 Å². The average Bonchev–Trinajstić information content (AvgIpc) is 3.07. The minimum absolute atomic E-state index is 0.00707. The van der Waals surface area contributed by atoms with Crippen molar-refractivity contribution in [2.45, 2.75) is 49.8 Å². The number of carbonyl (C=O) groups excluding carboxylic acids is 1. The number of carbonyl (C=O) groups is 1. The van der Waals surface area contributed by atoms with Crippen molar-refractivity contribution in [3.63, 3.8) is 0 Å². The standard InChI is InChI=1S/C35H52N6O5S2/c1-30-26-38(47(43,44)34-18-16-32(17-19-34)36(2)3)22-10-20-37(28-31-12-6-4-7-13-31)21-11-23-39(27-30)48(45,46)40-24-25-41(35(42)29-40)33-14-8-5-9-15-33/h5,8-9,14-19,31H,1,4,6-7,10-13,20-29H2,2-3H3. The number of rotatable bonds is 8. The molecule has 0 atom stereocenters. The van der Waals surface area contributed by atoms with E-state index in [-0.39, 0.29) is 50.1 Å². The summed E-state index contributed by atoms with van der Waals surface area (Å²) >= 11 is 0. The normalized spacial score (nSPS) is 21.5. The van der Waals surface area contributed by atoms with Gasteiger partial charge in [-0.05, 0) is 86.7 Å². The molecule has 0 unspecified atom stereocenters. The Kier molecular flexibility index (Phi) is 12.4. The third-order valence-electron chi connectivity index (χ3n) is 9.70. The first-order valence-corrected chi connectivity index (χ1v) is 20.1. The molecule has 264 valence electrons.